The van der Waals surface area contributed by atoms with E-state index in [9.17, 15) is 18.0 Å². The lowest BCUT2D eigenvalue weighted by Crippen LogP contribution is -2.10. The lowest BCUT2D eigenvalue weighted by molar-refractivity contribution is -0.138. The Morgan fingerprint density at radius 1 is 1.38 bits per heavy atom. The quantitative estimate of drug-likeness (QED) is 0.691. The average molecular weight is 227 g/mol. The molecule has 0 saturated carbocycles. The highest BCUT2D eigenvalue weighted by molar-refractivity contribution is 5.94. The second-order valence-electron chi connectivity index (χ2n) is 3.36. The van der Waals surface area contributed by atoms with Crippen molar-refractivity contribution in [1.82, 2.24) is 0 Å². The summed E-state index contributed by atoms with van der Waals surface area (Å²) in [6.07, 6.45) is -4.55. The minimum Gasteiger partial charge on any atom is -0.295 e. The molecular weight excluding hydrogens is 219 g/mol. The smallest absolute Gasteiger partial charge is 0.295 e. The zero-order chi connectivity index (χ0) is 12.5. The minimum absolute atomic E-state index is 0.102. The zero-order valence-electron chi connectivity index (χ0n) is 8.64. The number of benzene rings is 1. The van der Waals surface area contributed by atoms with Gasteiger partial charge in [0.05, 0.1) is 17.2 Å². The Hall–Kier alpha value is -1.83. The Kier molecular flexibility index (Phi) is 3.04. The average Bonchev–Trinajstić information content (AvgIpc) is 2.15. The van der Waals surface area contributed by atoms with Crippen LogP contribution >= 0.6 is 0 Å². The molecule has 1 rings (SSSR count). The third-order valence-corrected chi connectivity index (χ3v) is 2.24. The van der Waals surface area contributed by atoms with Crippen LogP contribution in [0.1, 0.15) is 34.0 Å². The second kappa shape index (κ2) is 3.97. The van der Waals surface area contributed by atoms with Gasteiger partial charge in [0, 0.05) is 5.56 Å². The molecule has 5 heteroatoms. The maximum Gasteiger partial charge on any atom is 0.416 e. The fourth-order valence-electron chi connectivity index (χ4n) is 1.33. The Labute approximate surface area is 90.3 Å². The number of ketones is 1. The topological polar surface area (TPSA) is 40.9 Å². The Balaban J connectivity index is 3.56. The van der Waals surface area contributed by atoms with E-state index in [1.165, 1.54) is 13.0 Å². The largest absolute Gasteiger partial charge is 0.416 e. The van der Waals surface area contributed by atoms with Crippen molar-refractivity contribution >= 4 is 5.78 Å². The van der Waals surface area contributed by atoms with Crippen LogP contribution in [0.5, 0.6) is 0 Å². The maximum absolute atomic E-state index is 12.6. The predicted octanol–water partition coefficient (Wildman–Crippen LogP) is 3.09. The Morgan fingerprint density at radius 2 is 1.94 bits per heavy atom. The second-order valence-corrected chi connectivity index (χ2v) is 3.36. The van der Waals surface area contributed by atoms with Gasteiger partial charge in [-0.1, -0.05) is 0 Å². The molecule has 84 valence electrons. The zero-order valence-corrected chi connectivity index (χ0v) is 8.64. The van der Waals surface area contributed by atoms with E-state index < -0.39 is 17.5 Å². The van der Waals surface area contributed by atoms with Crippen molar-refractivity contribution in [1.29, 1.82) is 5.26 Å². The molecule has 0 aliphatic heterocycles. The number of Topliss-reactive ketones (excluding diaryl/α,β-unsaturated/α-hetero) is 1. The highest BCUT2D eigenvalue weighted by Crippen LogP contribution is 2.33. The van der Waals surface area contributed by atoms with Crippen LogP contribution in [-0.4, -0.2) is 5.78 Å². The van der Waals surface area contributed by atoms with Gasteiger partial charge in [0.1, 0.15) is 0 Å². The number of rotatable bonds is 1. The summed E-state index contributed by atoms with van der Waals surface area (Å²) in [5.41, 5.74) is -1.31. The molecule has 0 spiro atoms. The van der Waals surface area contributed by atoms with Crippen molar-refractivity contribution in [2.75, 3.05) is 0 Å². The van der Waals surface area contributed by atoms with Gasteiger partial charge in [-0.3, -0.25) is 4.79 Å². The molecule has 0 aliphatic rings. The van der Waals surface area contributed by atoms with Crippen molar-refractivity contribution < 1.29 is 18.0 Å². The van der Waals surface area contributed by atoms with Crippen molar-refractivity contribution in [2.24, 2.45) is 0 Å². The molecule has 0 N–H and O–H groups in total. The highest BCUT2D eigenvalue weighted by atomic mass is 19.4. The lowest BCUT2D eigenvalue weighted by Gasteiger charge is -2.12. The van der Waals surface area contributed by atoms with Crippen LogP contribution in [0.2, 0.25) is 0 Å². The molecule has 0 saturated heterocycles. The van der Waals surface area contributed by atoms with Gasteiger partial charge in [-0.15, -0.1) is 0 Å². The standard InChI is InChI=1S/C11H8F3NO/c1-6-9(5-15)3-8(7(2)16)4-10(6)11(12,13)14/h3-4H,1-2H3. The molecule has 0 fully saturated rings. The third kappa shape index (κ3) is 2.22. The van der Waals surface area contributed by atoms with Gasteiger partial charge in [0.15, 0.2) is 5.78 Å². The first-order chi connectivity index (χ1) is 7.27. The van der Waals surface area contributed by atoms with Crippen LogP contribution in [0, 0.1) is 18.3 Å². The molecule has 1 aromatic rings. The third-order valence-electron chi connectivity index (χ3n) is 2.24. The van der Waals surface area contributed by atoms with E-state index in [1.807, 2.05) is 0 Å². The number of alkyl halides is 3. The van der Waals surface area contributed by atoms with Gasteiger partial charge < -0.3 is 0 Å². The number of nitrogens with zero attached hydrogens (tertiary/aromatic N) is 1. The molecule has 0 heterocycles. The Morgan fingerprint density at radius 3 is 2.31 bits per heavy atom. The molecule has 0 aliphatic carbocycles. The van der Waals surface area contributed by atoms with Crippen molar-refractivity contribution in [2.45, 2.75) is 20.0 Å². The van der Waals surface area contributed by atoms with Crippen molar-refractivity contribution in [3.8, 4) is 6.07 Å². The van der Waals surface area contributed by atoms with Crippen LogP contribution < -0.4 is 0 Å². The molecule has 0 aromatic heterocycles. The predicted molar refractivity (Wildman–Crippen MR) is 50.9 cm³/mol. The van der Waals surface area contributed by atoms with Gasteiger partial charge in [0.25, 0.3) is 0 Å². The highest BCUT2D eigenvalue weighted by Gasteiger charge is 2.34. The van der Waals surface area contributed by atoms with Crippen LogP contribution in [0.15, 0.2) is 12.1 Å². The molecule has 0 unspecified atom stereocenters. The van der Waals surface area contributed by atoms with Gasteiger partial charge >= 0.3 is 6.18 Å². The summed E-state index contributed by atoms with van der Waals surface area (Å²) in [6, 6.07) is 3.60. The van der Waals surface area contributed by atoms with E-state index in [0.717, 1.165) is 13.0 Å². The molecule has 0 bridgehead atoms. The van der Waals surface area contributed by atoms with Crippen LogP contribution in [0.4, 0.5) is 13.2 Å². The number of nitriles is 1. The van der Waals surface area contributed by atoms with E-state index in [4.69, 9.17) is 5.26 Å². The van der Waals surface area contributed by atoms with Crippen LogP contribution in [-0.2, 0) is 6.18 Å². The van der Waals surface area contributed by atoms with Gasteiger partial charge in [-0.25, -0.2) is 0 Å². The first-order valence-corrected chi connectivity index (χ1v) is 4.40. The number of hydrogen-bond acceptors (Lipinski definition) is 2. The maximum atomic E-state index is 12.6. The summed E-state index contributed by atoms with van der Waals surface area (Å²) in [5.74, 6) is -0.498. The number of halogens is 3. The first-order valence-electron chi connectivity index (χ1n) is 4.40. The molecule has 0 amide bonds. The molecule has 2 nitrogen and oxygen atoms in total. The molecule has 16 heavy (non-hydrogen) atoms. The van der Waals surface area contributed by atoms with E-state index in [0.29, 0.717) is 0 Å². The normalized spacial score (nSPS) is 11.0. The fourth-order valence-corrected chi connectivity index (χ4v) is 1.33. The summed E-state index contributed by atoms with van der Waals surface area (Å²) in [7, 11) is 0. The van der Waals surface area contributed by atoms with Crippen molar-refractivity contribution in [3.05, 3.63) is 34.4 Å². The van der Waals surface area contributed by atoms with Gasteiger partial charge in [-0.2, -0.15) is 18.4 Å². The summed E-state index contributed by atoms with van der Waals surface area (Å²) < 4.78 is 37.8. The molecular formula is C11H8F3NO. The Bertz CT molecular complexity index is 483. The summed E-state index contributed by atoms with van der Waals surface area (Å²) in [5, 5.41) is 8.69. The van der Waals surface area contributed by atoms with Crippen LogP contribution in [0.3, 0.4) is 0 Å². The van der Waals surface area contributed by atoms with E-state index in [-0.39, 0.29) is 16.7 Å². The SMILES string of the molecule is CC(=O)c1cc(C#N)c(C)c(C(F)(F)F)c1. The fraction of sp³-hybridized carbons (Fsp3) is 0.273. The summed E-state index contributed by atoms with van der Waals surface area (Å²) in [4.78, 5) is 11.0. The van der Waals surface area contributed by atoms with E-state index in [1.54, 1.807) is 6.07 Å². The summed E-state index contributed by atoms with van der Waals surface area (Å²) >= 11 is 0. The first kappa shape index (κ1) is 12.2. The molecule has 0 atom stereocenters. The van der Waals surface area contributed by atoms with Crippen molar-refractivity contribution in [3.63, 3.8) is 0 Å². The van der Waals surface area contributed by atoms with E-state index in [2.05, 4.69) is 0 Å². The lowest BCUT2D eigenvalue weighted by atomic mass is 9.97. The van der Waals surface area contributed by atoms with Crippen LogP contribution in [0.25, 0.3) is 0 Å². The number of carbonyl (C=O) groups excluding carboxylic acids is 1. The molecule has 0 radical (unpaired) electrons. The minimum atomic E-state index is -4.55. The molecule has 1 aromatic carbocycles. The number of hydrogen-bond donors (Lipinski definition) is 0. The summed E-state index contributed by atoms with van der Waals surface area (Å²) in [6.45, 7) is 2.37. The monoisotopic (exact) mass is 227 g/mol. The van der Waals surface area contributed by atoms with Gasteiger partial charge in [-0.05, 0) is 31.5 Å². The van der Waals surface area contributed by atoms with Gasteiger partial charge in [0.2, 0.25) is 0 Å². The van der Waals surface area contributed by atoms with E-state index >= 15 is 0 Å². The number of carbonyl (C=O) groups is 1.